The van der Waals surface area contributed by atoms with Crippen LogP contribution in [0.4, 0.5) is 0 Å². The standard InChI is InChI=1S/C26H29ClN2O5S/c1-4-34-25-15-14-20(17-22(25)27)35(31,32)29-23(16-19-10-6-5-7-11-19)26(30)28-18(2)21-12-8-9-13-24(21)33-3/h5-15,17-18,23,29H,4,16H2,1-3H3,(H,28,30)/t18-,23-/m0/s1. The number of hydrogen-bond donors (Lipinski definition) is 2. The van der Waals surface area contributed by atoms with E-state index in [9.17, 15) is 13.2 Å². The van der Waals surface area contributed by atoms with Gasteiger partial charge >= 0.3 is 0 Å². The Labute approximate surface area is 211 Å². The van der Waals surface area contributed by atoms with Crippen LogP contribution in [0.1, 0.15) is 31.0 Å². The monoisotopic (exact) mass is 516 g/mol. The average molecular weight is 517 g/mol. The maximum atomic E-state index is 13.3. The number of methoxy groups -OCH3 is 1. The Hall–Kier alpha value is -3.07. The van der Waals surface area contributed by atoms with Crippen LogP contribution in [0.5, 0.6) is 11.5 Å². The zero-order valence-corrected chi connectivity index (χ0v) is 21.4. The Morgan fingerprint density at radius 1 is 1.00 bits per heavy atom. The third-order valence-corrected chi connectivity index (χ3v) is 7.14. The second-order valence-corrected chi connectivity index (χ2v) is 9.98. The Bertz CT molecular complexity index is 1250. The van der Waals surface area contributed by atoms with Gasteiger partial charge in [-0.3, -0.25) is 4.79 Å². The summed E-state index contributed by atoms with van der Waals surface area (Å²) in [4.78, 5) is 13.3. The first-order valence-corrected chi connectivity index (χ1v) is 13.0. The smallest absolute Gasteiger partial charge is 0.241 e. The molecule has 9 heteroatoms. The number of para-hydroxylation sites is 1. The maximum Gasteiger partial charge on any atom is 0.241 e. The summed E-state index contributed by atoms with van der Waals surface area (Å²) in [5, 5.41) is 3.08. The van der Waals surface area contributed by atoms with Gasteiger partial charge in [-0.2, -0.15) is 4.72 Å². The Morgan fingerprint density at radius 2 is 1.69 bits per heavy atom. The highest BCUT2D eigenvalue weighted by Gasteiger charge is 2.28. The fourth-order valence-electron chi connectivity index (χ4n) is 3.63. The summed E-state index contributed by atoms with van der Waals surface area (Å²) >= 11 is 6.20. The van der Waals surface area contributed by atoms with Gasteiger partial charge in [0.1, 0.15) is 17.5 Å². The number of hydrogen-bond acceptors (Lipinski definition) is 5. The molecule has 0 bridgehead atoms. The van der Waals surface area contributed by atoms with Crippen molar-refractivity contribution in [2.24, 2.45) is 0 Å². The number of carbonyl (C=O) groups is 1. The lowest BCUT2D eigenvalue weighted by molar-refractivity contribution is -0.123. The first-order chi connectivity index (χ1) is 16.7. The summed E-state index contributed by atoms with van der Waals surface area (Å²) in [6, 6.07) is 19.3. The van der Waals surface area contributed by atoms with E-state index in [-0.39, 0.29) is 16.3 Å². The van der Waals surface area contributed by atoms with E-state index < -0.39 is 28.0 Å². The highest BCUT2D eigenvalue weighted by atomic mass is 35.5. The minimum Gasteiger partial charge on any atom is -0.496 e. The van der Waals surface area contributed by atoms with Crippen LogP contribution in [-0.4, -0.2) is 34.1 Å². The molecule has 186 valence electrons. The lowest BCUT2D eigenvalue weighted by atomic mass is 10.0. The van der Waals surface area contributed by atoms with E-state index in [0.29, 0.717) is 18.1 Å². The van der Waals surface area contributed by atoms with E-state index in [1.165, 1.54) is 18.2 Å². The summed E-state index contributed by atoms with van der Waals surface area (Å²) in [5.74, 6) is 0.551. The molecular weight excluding hydrogens is 488 g/mol. The van der Waals surface area contributed by atoms with E-state index in [4.69, 9.17) is 21.1 Å². The second kappa shape index (κ2) is 12.1. The van der Waals surface area contributed by atoms with Crippen molar-refractivity contribution >= 4 is 27.5 Å². The normalized spacial score (nSPS) is 13.0. The van der Waals surface area contributed by atoms with Crippen LogP contribution in [0.2, 0.25) is 5.02 Å². The summed E-state index contributed by atoms with van der Waals surface area (Å²) in [5.41, 5.74) is 1.59. The number of nitrogens with one attached hydrogen (secondary N) is 2. The molecule has 0 spiro atoms. The van der Waals surface area contributed by atoms with Crippen LogP contribution < -0.4 is 19.5 Å². The molecule has 0 unspecified atom stereocenters. The van der Waals surface area contributed by atoms with Crippen LogP contribution in [0, 0.1) is 0 Å². The van der Waals surface area contributed by atoms with Gasteiger partial charge in [-0.05, 0) is 50.1 Å². The van der Waals surface area contributed by atoms with Gasteiger partial charge in [0.15, 0.2) is 0 Å². The van der Waals surface area contributed by atoms with Crippen LogP contribution in [0.25, 0.3) is 0 Å². The van der Waals surface area contributed by atoms with Crippen molar-refractivity contribution in [2.45, 2.75) is 37.2 Å². The van der Waals surface area contributed by atoms with Gasteiger partial charge in [0.05, 0.1) is 29.7 Å². The number of carbonyl (C=O) groups excluding carboxylic acids is 1. The van der Waals surface area contributed by atoms with Crippen LogP contribution in [0.3, 0.4) is 0 Å². The molecular formula is C26H29ClN2O5S. The SMILES string of the molecule is CCOc1ccc(S(=O)(=O)N[C@@H](Cc2ccccc2)C(=O)N[C@@H](C)c2ccccc2OC)cc1Cl. The summed E-state index contributed by atoms with van der Waals surface area (Å²) in [6.07, 6.45) is 0.162. The summed E-state index contributed by atoms with van der Waals surface area (Å²) < 4.78 is 39.7. The Kier molecular flexibility index (Phi) is 9.14. The van der Waals surface area contributed by atoms with E-state index in [2.05, 4.69) is 10.0 Å². The van der Waals surface area contributed by atoms with Gasteiger partial charge in [-0.15, -0.1) is 0 Å². The first kappa shape index (κ1) is 26.5. The molecule has 3 aromatic carbocycles. The number of rotatable bonds is 11. The fourth-order valence-corrected chi connectivity index (χ4v) is 5.15. The topological polar surface area (TPSA) is 93.7 Å². The molecule has 0 saturated heterocycles. The molecule has 0 aromatic heterocycles. The van der Waals surface area contributed by atoms with Crippen LogP contribution in [0.15, 0.2) is 77.7 Å². The van der Waals surface area contributed by atoms with Crippen molar-refractivity contribution in [3.8, 4) is 11.5 Å². The molecule has 2 N–H and O–H groups in total. The zero-order chi connectivity index (χ0) is 25.4. The highest BCUT2D eigenvalue weighted by Crippen LogP contribution is 2.28. The number of ether oxygens (including phenoxy) is 2. The molecule has 0 aliphatic heterocycles. The van der Waals surface area contributed by atoms with Gasteiger partial charge in [-0.25, -0.2) is 8.42 Å². The third-order valence-electron chi connectivity index (χ3n) is 5.37. The van der Waals surface area contributed by atoms with Gasteiger partial charge in [0.25, 0.3) is 0 Å². The minimum absolute atomic E-state index is 0.0606. The second-order valence-electron chi connectivity index (χ2n) is 7.86. The molecule has 0 saturated carbocycles. The first-order valence-electron chi connectivity index (χ1n) is 11.2. The van der Waals surface area contributed by atoms with Crippen LogP contribution in [-0.2, 0) is 21.2 Å². The van der Waals surface area contributed by atoms with Gasteiger partial charge in [-0.1, -0.05) is 60.1 Å². The van der Waals surface area contributed by atoms with Gasteiger partial charge in [0, 0.05) is 5.56 Å². The molecule has 7 nitrogen and oxygen atoms in total. The molecule has 1 amide bonds. The summed E-state index contributed by atoms with van der Waals surface area (Å²) in [6.45, 7) is 4.02. The van der Waals surface area contributed by atoms with Crippen molar-refractivity contribution in [2.75, 3.05) is 13.7 Å². The molecule has 35 heavy (non-hydrogen) atoms. The maximum absolute atomic E-state index is 13.3. The average Bonchev–Trinajstić information content (AvgIpc) is 2.85. The van der Waals surface area contributed by atoms with Gasteiger partial charge in [0.2, 0.25) is 15.9 Å². The number of sulfonamides is 1. The van der Waals surface area contributed by atoms with Crippen molar-refractivity contribution in [1.29, 1.82) is 0 Å². The predicted octanol–water partition coefficient (Wildman–Crippen LogP) is 4.51. The van der Waals surface area contributed by atoms with Crippen molar-refractivity contribution < 1.29 is 22.7 Å². The molecule has 0 aliphatic carbocycles. The molecule has 0 fully saturated rings. The Balaban J connectivity index is 1.86. The number of benzene rings is 3. The van der Waals surface area contributed by atoms with Crippen molar-refractivity contribution in [1.82, 2.24) is 10.0 Å². The van der Waals surface area contributed by atoms with Crippen molar-refractivity contribution in [3.63, 3.8) is 0 Å². The largest absolute Gasteiger partial charge is 0.496 e. The number of amides is 1. The lowest BCUT2D eigenvalue weighted by Crippen LogP contribution is -2.48. The van der Waals surface area contributed by atoms with E-state index >= 15 is 0 Å². The predicted molar refractivity (Wildman–Crippen MR) is 136 cm³/mol. The Morgan fingerprint density at radius 3 is 2.34 bits per heavy atom. The number of halogens is 1. The molecule has 3 aromatic rings. The molecule has 0 heterocycles. The zero-order valence-electron chi connectivity index (χ0n) is 19.8. The third kappa shape index (κ3) is 6.97. The molecule has 0 aliphatic rings. The van der Waals surface area contributed by atoms with Crippen LogP contribution >= 0.6 is 11.6 Å². The molecule has 0 radical (unpaired) electrons. The van der Waals surface area contributed by atoms with E-state index in [1.807, 2.05) is 55.5 Å². The van der Waals surface area contributed by atoms with E-state index in [0.717, 1.165) is 11.1 Å². The molecule has 3 rings (SSSR count). The highest BCUT2D eigenvalue weighted by molar-refractivity contribution is 7.89. The van der Waals surface area contributed by atoms with E-state index in [1.54, 1.807) is 20.1 Å². The summed E-state index contributed by atoms with van der Waals surface area (Å²) in [7, 11) is -2.51. The minimum atomic E-state index is -4.07. The molecule has 2 atom stereocenters. The lowest BCUT2D eigenvalue weighted by Gasteiger charge is -2.23. The van der Waals surface area contributed by atoms with Gasteiger partial charge < -0.3 is 14.8 Å². The van der Waals surface area contributed by atoms with Crippen molar-refractivity contribution in [3.05, 3.63) is 88.9 Å². The fraction of sp³-hybridized carbons (Fsp3) is 0.269. The quantitative estimate of drug-likeness (QED) is 0.391.